The molecule has 4 heterocycles. The molecule has 2 saturated heterocycles. The first-order valence-electron chi connectivity index (χ1n) is 12.9. The van der Waals surface area contributed by atoms with Crippen LogP contribution in [0.4, 0.5) is 17.3 Å². The van der Waals surface area contributed by atoms with Gasteiger partial charge in [-0.1, -0.05) is 60.1 Å². The maximum atomic E-state index is 13.4. The minimum Gasteiger partial charge on any atom is -0.323 e. The van der Waals surface area contributed by atoms with E-state index in [1.807, 2.05) is 41.3 Å². The molecule has 2 aliphatic rings. The van der Waals surface area contributed by atoms with Crippen molar-refractivity contribution in [3.05, 3.63) is 84.3 Å². The van der Waals surface area contributed by atoms with Gasteiger partial charge in [-0.15, -0.1) is 0 Å². The summed E-state index contributed by atoms with van der Waals surface area (Å²) in [6.07, 6.45) is 7.78. The van der Waals surface area contributed by atoms with Gasteiger partial charge < -0.3 is 15.1 Å². The second-order valence-corrected chi connectivity index (χ2v) is 10.6. The average molecular weight is 525 g/mol. The van der Waals surface area contributed by atoms with Crippen molar-refractivity contribution in [1.82, 2.24) is 19.9 Å². The second-order valence-electron chi connectivity index (χ2n) is 10.2. The molecule has 38 heavy (non-hydrogen) atoms. The van der Waals surface area contributed by atoms with Crippen LogP contribution in [0.2, 0.25) is 5.02 Å². The number of halogens is 1. The van der Waals surface area contributed by atoms with Gasteiger partial charge in [0.05, 0.1) is 46.1 Å². The van der Waals surface area contributed by atoms with Gasteiger partial charge in [0.25, 0.3) is 0 Å². The quantitative estimate of drug-likeness (QED) is 0.342. The summed E-state index contributed by atoms with van der Waals surface area (Å²) in [5.41, 5.74) is 5.02. The number of hydrogen-bond acceptors (Lipinski definition) is 6. The van der Waals surface area contributed by atoms with E-state index < -0.39 is 0 Å². The largest absolute Gasteiger partial charge is 0.323 e. The highest BCUT2D eigenvalue weighted by Gasteiger charge is 2.48. The fraction of sp³-hybridized carbons (Fsp3) is 0.267. The predicted octanol–water partition coefficient (Wildman–Crippen LogP) is 6.05. The van der Waals surface area contributed by atoms with Crippen molar-refractivity contribution in [2.45, 2.75) is 19.3 Å². The molecule has 2 aliphatic heterocycles. The first-order chi connectivity index (χ1) is 18.5. The first-order valence-corrected chi connectivity index (χ1v) is 13.3. The maximum absolute atomic E-state index is 13.4. The molecule has 0 saturated carbocycles. The van der Waals surface area contributed by atoms with Gasteiger partial charge in [-0.05, 0) is 62.7 Å². The predicted molar refractivity (Wildman–Crippen MR) is 152 cm³/mol. The maximum Gasteiger partial charge on any atom is 0.233 e. The van der Waals surface area contributed by atoms with E-state index in [2.05, 4.69) is 51.5 Å². The van der Waals surface area contributed by atoms with Crippen LogP contribution in [-0.4, -0.2) is 52.4 Å². The van der Waals surface area contributed by atoms with E-state index in [1.165, 1.54) is 0 Å². The Kier molecular flexibility index (Phi) is 6.55. The molecule has 192 valence electrons. The molecular formula is C30H29ClN6O. The number of nitrogens with zero attached hydrogens (tertiary/aromatic N) is 5. The molecule has 2 aromatic heterocycles. The van der Waals surface area contributed by atoms with Gasteiger partial charge in [0.2, 0.25) is 11.9 Å². The van der Waals surface area contributed by atoms with Crippen LogP contribution in [0, 0.1) is 5.41 Å². The number of aromatic nitrogens is 3. The number of hydrogen-bond donors (Lipinski definition) is 1. The summed E-state index contributed by atoms with van der Waals surface area (Å²) in [7, 11) is 2.12. The lowest BCUT2D eigenvalue weighted by Gasteiger charge is -2.36. The van der Waals surface area contributed by atoms with E-state index in [0.29, 0.717) is 28.9 Å². The van der Waals surface area contributed by atoms with E-state index >= 15 is 0 Å². The number of benzene rings is 2. The zero-order valence-corrected chi connectivity index (χ0v) is 22.0. The minimum atomic E-state index is -0.238. The zero-order chi connectivity index (χ0) is 26.1. The Morgan fingerprint density at radius 1 is 0.868 bits per heavy atom. The minimum absolute atomic E-state index is 0.216. The van der Waals surface area contributed by atoms with Gasteiger partial charge in [0.15, 0.2) is 0 Å². The highest BCUT2D eigenvalue weighted by molar-refractivity contribution is 6.32. The molecule has 0 aliphatic carbocycles. The highest BCUT2D eigenvalue weighted by Crippen LogP contribution is 2.43. The number of carbonyl (C=O) groups excluding carboxylic acids is 1. The Morgan fingerprint density at radius 3 is 2.42 bits per heavy atom. The Labute approximate surface area is 227 Å². The number of piperidine rings is 1. The third kappa shape index (κ3) is 4.75. The van der Waals surface area contributed by atoms with Gasteiger partial charge in [0.1, 0.15) is 0 Å². The smallest absolute Gasteiger partial charge is 0.233 e. The highest BCUT2D eigenvalue weighted by atomic mass is 35.5. The summed E-state index contributed by atoms with van der Waals surface area (Å²) in [6.45, 7) is 2.64. The van der Waals surface area contributed by atoms with Crippen LogP contribution < -0.4 is 10.2 Å². The molecule has 8 heteroatoms. The lowest BCUT2D eigenvalue weighted by molar-refractivity contribution is -0.127. The molecule has 0 atom stereocenters. The normalized spacial score (nSPS) is 17.2. The van der Waals surface area contributed by atoms with Crippen molar-refractivity contribution in [2.75, 3.05) is 36.9 Å². The zero-order valence-electron chi connectivity index (χ0n) is 21.3. The fourth-order valence-corrected chi connectivity index (χ4v) is 5.66. The second kappa shape index (κ2) is 10.2. The molecule has 4 aromatic rings. The first kappa shape index (κ1) is 24.5. The molecular weight excluding hydrogens is 496 g/mol. The van der Waals surface area contributed by atoms with E-state index in [0.717, 1.165) is 54.7 Å². The van der Waals surface area contributed by atoms with E-state index in [1.54, 1.807) is 18.6 Å². The monoisotopic (exact) mass is 524 g/mol. The van der Waals surface area contributed by atoms with Crippen LogP contribution in [0.15, 0.2) is 79.3 Å². The lowest BCUT2D eigenvalue weighted by Crippen LogP contribution is -2.43. The van der Waals surface area contributed by atoms with Crippen LogP contribution in [0.5, 0.6) is 0 Å². The molecule has 2 aromatic carbocycles. The summed E-state index contributed by atoms with van der Waals surface area (Å²) in [5.74, 6) is 0.626. The SMILES string of the molecule is CN1CCC2(CC1)CCN(c1cncc(Nc3ncc(Cl)c(-c4cccc(-c5ccccc5)c4)n3)c1)C2=O. The number of pyridine rings is 1. The Hall–Kier alpha value is -3.81. The van der Waals surface area contributed by atoms with Crippen LogP contribution >= 0.6 is 11.6 Å². The molecule has 0 bridgehead atoms. The van der Waals surface area contributed by atoms with E-state index in [9.17, 15) is 4.79 Å². The van der Waals surface area contributed by atoms with Gasteiger partial charge in [-0.3, -0.25) is 9.78 Å². The molecule has 2 fully saturated rings. The summed E-state index contributed by atoms with van der Waals surface area (Å²) in [6, 6.07) is 20.3. The molecule has 7 nitrogen and oxygen atoms in total. The van der Waals surface area contributed by atoms with Crippen molar-refractivity contribution < 1.29 is 4.79 Å². The topological polar surface area (TPSA) is 74.2 Å². The van der Waals surface area contributed by atoms with Crippen molar-refractivity contribution in [1.29, 1.82) is 0 Å². The van der Waals surface area contributed by atoms with Crippen molar-refractivity contribution in [3.63, 3.8) is 0 Å². The third-order valence-corrected chi connectivity index (χ3v) is 8.01. The number of nitrogens with one attached hydrogen (secondary N) is 1. The van der Waals surface area contributed by atoms with E-state index in [-0.39, 0.29) is 11.3 Å². The third-order valence-electron chi connectivity index (χ3n) is 7.74. The van der Waals surface area contributed by atoms with Crippen molar-refractivity contribution in [2.24, 2.45) is 5.41 Å². The number of carbonyl (C=O) groups is 1. The van der Waals surface area contributed by atoms with Crippen LogP contribution in [-0.2, 0) is 4.79 Å². The van der Waals surface area contributed by atoms with Crippen molar-refractivity contribution >= 4 is 34.8 Å². The standard InChI is InChI=1S/C30H29ClN6O/c1-36-13-10-30(11-14-36)12-15-37(28(30)38)25-17-24(18-32-19-25)34-29-33-20-26(31)27(35-29)23-9-5-8-22(16-23)21-6-3-2-4-7-21/h2-9,16-20H,10-15H2,1H3,(H,33,34,35). The summed E-state index contributed by atoms with van der Waals surface area (Å²) in [4.78, 5) is 31.1. The fourth-order valence-electron chi connectivity index (χ4n) is 5.46. The van der Waals surface area contributed by atoms with Gasteiger partial charge in [-0.2, -0.15) is 0 Å². The number of rotatable bonds is 5. The van der Waals surface area contributed by atoms with Crippen LogP contribution in [0.25, 0.3) is 22.4 Å². The van der Waals surface area contributed by atoms with E-state index in [4.69, 9.17) is 16.6 Å². The molecule has 0 unspecified atom stereocenters. The van der Waals surface area contributed by atoms with Crippen LogP contribution in [0.3, 0.4) is 0 Å². The Bertz CT molecular complexity index is 1470. The molecule has 6 rings (SSSR count). The Balaban J connectivity index is 1.23. The average Bonchev–Trinajstić information content (AvgIpc) is 3.27. The van der Waals surface area contributed by atoms with Gasteiger partial charge >= 0.3 is 0 Å². The van der Waals surface area contributed by atoms with Gasteiger partial charge in [-0.25, -0.2) is 9.97 Å². The van der Waals surface area contributed by atoms with Crippen LogP contribution in [0.1, 0.15) is 19.3 Å². The Morgan fingerprint density at radius 2 is 1.61 bits per heavy atom. The number of likely N-dealkylation sites (tertiary alicyclic amines) is 1. The summed E-state index contributed by atoms with van der Waals surface area (Å²) < 4.78 is 0. The molecule has 1 N–H and O–H groups in total. The summed E-state index contributed by atoms with van der Waals surface area (Å²) >= 11 is 6.53. The number of amides is 1. The molecule has 1 spiro atoms. The number of anilines is 3. The lowest BCUT2D eigenvalue weighted by atomic mass is 9.77. The van der Waals surface area contributed by atoms with Crippen molar-refractivity contribution in [3.8, 4) is 22.4 Å². The molecule has 1 amide bonds. The molecule has 0 radical (unpaired) electrons. The summed E-state index contributed by atoms with van der Waals surface area (Å²) in [5, 5.41) is 3.73. The van der Waals surface area contributed by atoms with Gasteiger partial charge in [0, 0.05) is 12.1 Å².